The zero-order chi connectivity index (χ0) is 12.2. The first kappa shape index (κ1) is 12.6. The summed E-state index contributed by atoms with van der Waals surface area (Å²) in [6, 6.07) is 6.97. The van der Waals surface area contributed by atoms with Gasteiger partial charge >= 0.3 is 5.97 Å². The number of hydrogen-bond donors (Lipinski definition) is 0. The summed E-state index contributed by atoms with van der Waals surface area (Å²) in [6.07, 6.45) is 0.922. The molecule has 0 saturated carbocycles. The molecule has 0 bridgehead atoms. The van der Waals surface area contributed by atoms with Crippen molar-refractivity contribution < 1.29 is 14.3 Å². The van der Waals surface area contributed by atoms with Crippen LogP contribution in [0.5, 0.6) is 5.75 Å². The second-order valence-electron chi connectivity index (χ2n) is 4.23. The Balaban J connectivity index is 2.76. The van der Waals surface area contributed by atoms with Gasteiger partial charge in [-0.15, -0.1) is 0 Å². The summed E-state index contributed by atoms with van der Waals surface area (Å²) in [5.41, 5.74) is 0.344. The Kier molecular flexibility index (Phi) is 3.93. The molecule has 0 aliphatic rings. The molecule has 0 aromatic heterocycles. The smallest absolute Gasteiger partial charge is 0.337 e. The number of carbonyl (C=O) groups excluding carboxylic acids is 1. The molecule has 0 heterocycles. The van der Waals surface area contributed by atoms with Gasteiger partial charge in [0.05, 0.1) is 12.7 Å². The maximum Gasteiger partial charge on any atom is 0.337 e. The van der Waals surface area contributed by atoms with Crippen LogP contribution < -0.4 is 4.74 Å². The topological polar surface area (TPSA) is 35.5 Å². The van der Waals surface area contributed by atoms with Crippen LogP contribution in [-0.4, -0.2) is 18.7 Å². The van der Waals surface area contributed by atoms with E-state index < -0.39 is 0 Å². The van der Waals surface area contributed by atoms with Crippen LogP contribution in [0.25, 0.3) is 0 Å². The highest BCUT2D eigenvalue weighted by Gasteiger charge is 2.16. The van der Waals surface area contributed by atoms with Crippen molar-refractivity contribution in [2.75, 3.05) is 7.11 Å². The highest BCUT2D eigenvalue weighted by molar-refractivity contribution is 5.89. The van der Waals surface area contributed by atoms with E-state index in [1.54, 1.807) is 24.3 Å². The van der Waals surface area contributed by atoms with Crippen molar-refractivity contribution in [3.05, 3.63) is 29.8 Å². The molecule has 0 spiro atoms. The Morgan fingerprint density at radius 2 is 1.81 bits per heavy atom. The van der Waals surface area contributed by atoms with Crippen LogP contribution in [0, 0.1) is 0 Å². The van der Waals surface area contributed by atoms with Crippen LogP contribution in [0.2, 0.25) is 0 Å². The standard InChI is InChI=1S/C13H18O3/c1-5-13(2,3)16-11-8-6-10(7-9-11)12(14)15-4/h6-9H,5H2,1-4H3. The molecule has 3 nitrogen and oxygen atoms in total. The van der Waals surface area contributed by atoms with Gasteiger partial charge in [0.25, 0.3) is 0 Å². The Bertz CT molecular complexity index is 352. The van der Waals surface area contributed by atoms with Crippen LogP contribution in [0.4, 0.5) is 0 Å². The number of methoxy groups -OCH3 is 1. The van der Waals surface area contributed by atoms with Crippen molar-refractivity contribution in [3.63, 3.8) is 0 Å². The fraction of sp³-hybridized carbons (Fsp3) is 0.462. The van der Waals surface area contributed by atoms with E-state index in [1.807, 2.05) is 13.8 Å². The van der Waals surface area contributed by atoms with E-state index in [-0.39, 0.29) is 11.6 Å². The fourth-order valence-electron chi connectivity index (χ4n) is 1.17. The lowest BCUT2D eigenvalue weighted by molar-refractivity contribution is 0.0600. The van der Waals surface area contributed by atoms with Crippen LogP contribution in [0.15, 0.2) is 24.3 Å². The minimum Gasteiger partial charge on any atom is -0.488 e. The summed E-state index contributed by atoms with van der Waals surface area (Å²) >= 11 is 0. The van der Waals surface area contributed by atoms with Gasteiger partial charge < -0.3 is 9.47 Å². The van der Waals surface area contributed by atoms with E-state index in [2.05, 4.69) is 11.7 Å². The monoisotopic (exact) mass is 222 g/mol. The highest BCUT2D eigenvalue weighted by Crippen LogP contribution is 2.21. The van der Waals surface area contributed by atoms with Gasteiger partial charge in [-0.05, 0) is 44.5 Å². The molecule has 0 N–H and O–H groups in total. The molecule has 88 valence electrons. The van der Waals surface area contributed by atoms with Gasteiger partial charge in [-0.3, -0.25) is 0 Å². The molecule has 1 aromatic rings. The number of ether oxygens (including phenoxy) is 2. The van der Waals surface area contributed by atoms with Crippen molar-refractivity contribution in [2.45, 2.75) is 32.8 Å². The summed E-state index contributed by atoms with van der Waals surface area (Å²) in [6.45, 7) is 6.13. The summed E-state index contributed by atoms with van der Waals surface area (Å²) in [5, 5.41) is 0. The predicted octanol–water partition coefficient (Wildman–Crippen LogP) is 3.04. The molecular weight excluding hydrogens is 204 g/mol. The van der Waals surface area contributed by atoms with Crippen LogP contribution in [-0.2, 0) is 4.74 Å². The Labute approximate surface area is 96.4 Å². The molecule has 0 aliphatic heterocycles. The van der Waals surface area contributed by atoms with E-state index in [1.165, 1.54) is 7.11 Å². The van der Waals surface area contributed by atoms with Gasteiger partial charge in [-0.2, -0.15) is 0 Å². The third-order valence-corrected chi connectivity index (χ3v) is 2.52. The van der Waals surface area contributed by atoms with Gasteiger partial charge in [0.1, 0.15) is 11.4 Å². The number of rotatable bonds is 4. The van der Waals surface area contributed by atoms with E-state index in [0.29, 0.717) is 5.56 Å². The zero-order valence-corrected chi connectivity index (χ0v) is 10.2. The van der Waals surface area contributed by atoms with Gasteiger partial charge in [0.2, 0.25) is 0 Å². The number of esters is 1. The number of benzene rings is 1. The van der Waals surface area contributed by atoms with E-state index >= 15 is 0 Å². The summed E-state index contributed by atoms with van der Waals surface area (Å²) < 4.78 is 10.4. The molecule has 0 atom stereocenters. The largest absolute Gasteiger partial charge is 0.488 e. The first-order chi connectivity index (χ1) is 7.48. The maximum atomic E-state index is 11.2. The molecule has 1 aromatic carbocycles. The molecule has 0 radical (unpaired) electrons. The lowest BCUT2D eigenvalue weighted by Crippen LogP contribution is -2.26. The first-order valence-electron chi connectivity index (χ1n) is 5.36. The molecule has 0 unspecified atom stereocenters. The molecule has 16 heavy (non-hydrogen) atoms. The molecule has 3 heteroatoms. The molecule has 0 fully saturated rings. The lowest BCUT2D eigenvalue weighted by atomic mass is 10.1. The van der Waals surface area contributed by atoms with Crippen LogP contribution in [0.3, 0.4) is 0 Å². The predicted molar refractivity (Wildman–Crippen MR) is 62.8 cm³/mol. The van der Waals surface area contributed by atoms with Crippen molar-refractivity contribution in [1.82, 2.24) is 0 Å². The Hall–Kier alpha value is -1.51. The summed E-state index contributed by atoms with van der Waals surface area (Å²) in [4.78, 5) is 11.2. The number of hydrogen-bond acceptors (Lipinski definition) is 3. The minimum atomic E-state index is -0.332. The molecule has 0 aliphatic carbocycles. The van der Waals surface area contributed by atoms with Gasteiger partial charge in [0.15, 0.2) is 0 Å². The van der Waals surface area contributed by atoms with Gasteiger partial charge in [-0.25, -0.2) is 4.79 Å². The van der Waals surface area contributed by atoms with Crippen molar-refractivity contribution in [3.8, 4) is 5.75 Å². The third kappa shape index (κ3) is 3.26. The van der Waals surface area contributed by atoms with Crippen molar-refractivity contribution >= 4 is 5.97 Å². The molecular formula is C13H18O3. The van der Waals surface area contributed by atoms with Gasteiger partial charge in [-0.1, -0.05) is 6.92 Å². The number of carbonyl (C=O) groups is 1. The summed E-state index contributed by atoms with van der Waals surface area (Å²) in [7, 11) is 1.37. The third-order valence-electron chi connectivity index (χ3n) is 2.52. The normalized spacial score (nSPS) is 11.0. The SMILES string of the molecule is CCC(C)(C)Oc1ccc(C(=O)OC)cc1. The Morgan fingerprint density at radius 3 is 2.25 bits per heavy atom. The van der Waals surface area contributed by atoms with Crippen molar-refractivity contribution in [2.24, 2.45) is 0 Å². The quantitative estimate of drug-likeness (QED) is 0.734. The van der Waals surface area contributed by atoms with Crippen LogP contribution >= 0.6 is 0 Å². The molecule has 0 amide bonds. The fourth-order valence-corrected chi connectivity index (χ4v) is 1.17. The minimum absolute atomic E-state index is 0.188. The van der Waals surface area contributed by atoms with Crippen molar-refractivity contribution in [1.29, 1.82) is 0 Å². The zero-order valence-electron chi connectivity index (χ0n) is 10.2. The Morgan fingerprint density at radius 1 is 1.25 bits per heavy atom. The van der Waals surface area contributed by atoms with Gasteiger partial charge in [0, 0.05) is 0 Å². The highest BCUT2D eigenvalue weighted by atomic mass is 16.5. The van der Waals surface area contributed by atoms with E-state index in [0.717, 1.165) is 12.2 Å². The maximum absolute atomic E-state index is 11.2. The van der Waals surface area contributed by atoms with E-state index in [4.69, 9.17) is 4.74 Å². The molecule has 0 saturated heterocycles. The first-order valence-corrected chi connectivity index (χ1v) is 5.36. The second kappa shape index (κ2) is 5.01. The lowest BCUT2D eigenvalue weighted by Gasteiger charge is -2.24. The average molecular weight is 222 g/mol. The summed E-state index contributed by atoms with van der Waals surface area (Å²) in [5.74, 6) is 0.431. The second-order valence-corrected chi connectivity index (χ2v) is 4.23. The average Bonchev–Trinajstić information content (AvgIpc) is 2.28. The van der Waals surface area contributed by atoms with Crippen LogP contribution in [0.1, 0.15) is 37.6 Å². The van der Waals surface area contributed by atoms with E-state index in [9.17, 15) is 4.79 Å². The molecule has 1 rings (SSSR count).